The Balaban J connectivity index is 2.10. The van der Waals surface area contributed by atoms with E-state index in [1.165, 1.54) is 18.2 Å². The standard InChI is InChI=1S/C11H9BrN4O5/c12-10-8(16(18)19)2-1-3-9(10)20-5-6-4-7(15-21-6)11(17)14-13/h1-4H,5,13H2,(H,14,17). The van der Waals surface area contributed by atoms with E-state index in [1.54, 1.807) is 6.07 Å². The Bertz CT molecular complexity index is 687. The van der Waals surface area contributed by atoms with Crippen LogP contribution in [0.5, 0.6) is 5.75 Å². The third-order valence-corrected chi connectivity index (χ3v) is 3.23. The van der Waals surface area contributed by atoms with Gasteiger partial charge >= 0.3 is 0 Å². The summed E-state index contributed by atoms with van der Waals surface area (Å²) in [4.78, 5) is 21.5. The van der Waals surface area contributed by atoms with Crippen LogP contribution >= 0.6 is 15.9 Å². The fraction of sp³-hybridized carbons (Fsp3) is 0.0909. The Hall–Kier alpha value is -2.46. The van der Waals surface area contributed by atoms with Gasteiger partial charge in [-0.15, -0.1) is 0 Å². The molecular weight excluding hydrogens is 348 g/mol. The van der Waals surface area contributed by atoms with Crippen molar-refractivity contribution in [3.63, 3.8) is 0 Å². The quantitative estimate of drug-likeness (QED) is 0.359. The highest BCUT2D eigenvalue weighted by Gasteiger charge is 2.17. The van der Waals surface area contributed by atoms with Gasteiger partial charge in [-0.3, -0.25) is 20.3 Å². The molecule has 0 unspecified atom stereocenters. The van der Waals surface area contributed by atoms with Crippen LogP contribution in [0, 0.1) is 10.1 Å². The summed E-state index contributed by atoms with van der Waals surface area (Å²) in [7, 11) is 0. The molecule has 1 heterocycles. The molecule has 0 aliphatic carbocycles. The first-order valence-electron chi connectivity index (χ1n) is 5.55. The zero-order valence-corrected chi connectivity index (χ0v) is 12.0. The number of nitrogens with one attached hydrogen (secondary N) is 1. The number of nitrogens with two attached hydrogens (primary N) is 1. The maximum absolute atomic E-state index is 11.2. The van der Waals surface area contributed by atoms with Crippen LogP contribution < -0.4 is 16.0 Å². The smallest absolute Gasteiger partial charge is 0.287 e. The minimum atomic E-state index is -0.596. The number of nitro benzene ring substituents is 1. The molecule has 1 aromatic carbocycles. The highest BCUT2D eigenvalue weighted by Crippen LogP contribution is 2.34. The fourth-order valence-corrected chi connectivity index (χ4v) is 1.99. The Kier molecular flexibility index (Phi) is 4.50. The lowest BCUT2D eigenvalue weighted by atomic mass is 10.3. The molecule has 0 spiro atoms. The third-order valence-electron chi connectivity index (χ3n) is 2.43. The largest absolute Gasteiger partial charge is 0.484 e. The van der Waals surface area contributed by atoms with Gasteiger partial charge in [0.2, 0.25) is 0 Å². The van der Waals surface area contributed by atoms with Crippen molar-refractivity contribution in [1.29, 1.82) is 0 Å². The molecule has 21 heavy (non-hydrogen) atoms. The molecule has 2 rings (SSSR count). The van der Waals surface area contributed by atoms with Gasteiger partial charge in [0.15, 0.2) is 11.5 Å². The summed E-state index contributed by atoms with van der Waals surface area (Å²) in [5.41, 5.74) is 1.80. The number of hydrazine groups is 1. The molecule has 9 nitrogen and oxygen atoms in total. The summed E-state index contributed by atoms with van der Waals surface area (Å²) in [5, 5.41) is 14.3. The minimum absolute atomic E-state index is 0.00853. The van der Waals surface area contributed by atoms with Gasteiger partial charge in [0.25, 0.3) is 11.6 Å². The van der Waals surface area contributed by atoms with Crippen molar-refractivity contribution in [2.45, 2.75) is 6.61 Å². The van der Waals surface area contributed by atoms with Gasteiger partial charge in [-0.05, 0) is 22.0 Å². The van der Waals surface area contributed by atoms with Gasteiger partial charge in [0, 0.05) is 12.1 Å². The van der Waals surface area contributed by atoms with Crippen molar-refractivity contribution in [3.05, 3.63) is 50.3 Å². The number of nitrogen functional groups attached to an aromatic ring is 1. The van der Waals surface area contributed by atoms with Gasteiger partial charge in [-0.25, -0.2) is 5.84 Å². The van der Waals surface area contributed by atoms with Crippen LogP contribution in [0.4, 0.5) is 5.69 Å². The predicted molar refractivity (Wildman–Crippen MR) is 73.3 cm³/mol. The second-order valence-electron chi connectivity index (χ2n) is 3.79. The molecule has 0 aliphatic heterocycles. The molecule has 0 radical (unpaired) electrons. The summed E-state index contributed by atoms with van der Waals surface area (Å²) in [5.74, 6) is 4.90. The lowest BCUT2D eigenvalue weighted by Crippen LogP contribution is -2.30. The van der Waals surface area contributed by atoms with E-state index in [4.69, 9.17) is 15.1 Å². The second kappa shape index (κ2) is 6.33. The highest BCUT2D eigenvalue weighted by molar-refractivity contribution is 9.10. The average Bonchev–Trinajstić information content (AvgIpc) is 2.94. The van der Waals surface area contributed by atoms with Crippen molar-refractivity contribution in [2.75, 3.05) is 0 Å². The first-order valence-corrected chi connectivity index (χ1v) is 6.34. The number of carbonyl (C=O) groups is 1. The third kappa shape index (κ3) is 3.35. The molecule has 2 aromatic rings. The van der Waals surface area contributed by atoms with Gasteiger partial charge in [-0.1, -0.05) is 11.2 Å². The molecule has 0 fully saturated rings. The van der Waals surface area contributed by atoms with Gasteiger partial charge in [0.1, 0.15) is 16.8 Å². The van der Waals surface area contributed by atoms with Crippen LogP contribution in [-0.4, -0.2) is 16.0 Å². The topological polar surface area (TPSA) is 134 Å². The molecule has 10 heteroatoms. The Morgan fingerprint density at radius 2 is 2.33 bits per heavy atom. The molecular formula is C11H9BrN4O5. The summed E-state index contributed by atoms with van der Waals surface area (Å²) in [6, 6.07) is 5.75. The van der Waals surface area contributed by atoms with E-state index in [-0.39, 0.29) is 34.0 Å². The van der Waals surface area contributed by atoms with E-state index >= 15 is 0 Å². The van der Waals surface area contributed by atoms with Gasteiger partial charge in [0.05, 0.1) is 4.92 Å². The maximum atomic E-state index is 11.2. The first-order chi connectivity index (χ1) is 10.0. The number of nitrogens with zero attached hydrogens (tertiary/aromatic N) is 2. The fourth-order valence-electron chi connectivity index (χ4n) is 1.46. The van der Waals surface area contributed by atoms with Crippen molar-refractivity contribution in [3.8, 4) is 5.75 Å². The predicted octanol–water partition coefficient (Wildman–Crippen LogP) is 1.53. The van der Waals surface area contributed by atoms with E-state index in [0.29, 0.717) is 0 Å². The number of carbonyl (C=O) groups excluding carboxylic acids is 1. The van der Waals surface area contributed by atoms with E-state index in [2.05, 4.69) is 21.1 Å². The van der Waals surface area contributed by atoms with Crippen LogP contribution in [0.1, 0.15) is 16.2 Å². The lowest BCUT2D eigenvalue weighted by molar-refractivity contribution is -0.385. The number of benzene rings is 1. The van der Waals surface area contributed by atoms with E-state index < -0.39 is 10.8 Å². The average molecular weight is 357 g/mol. The van der Waals surface area contributed by atoms with Crippen molar-refractivity contribution < 1.29 is 19.0 Å². The zero-order chi connectivity index (χ0) is 15.4. The molecule has 0 atom stereocenters. The lowest BCUT2D eigenvalue weighted by Gasteiger charge is -2.05. The minimum Gasteiger partial charge on any atom is -0.484 e. The summed E-state index contributed by atoms with van der Waals surface area (Å²) >= 11 is 3.10. The molecule has 0 bridgehead atoms. The van der Waals surface area contributed by atoms with Crippen LogP contribution in [0.25, 0.3) is 0 Å². The van der Waals surface area contributed by atoms with E-state index in [0.717, 1.165) is 0 Å². The summed E-state index contributed by atoms with van der Waals surface area (Å²) in [6.07, 6.45) is 0. The molecule has 3 N–H and O–H groups in total. The van der Waals surface area contributed by atoms with E-state index in [1.807, 2.05) is 5.43 Å². The number of aromatic nitrogens is 1. The number of amides is 1. The number of halogens is 1. The molecule has 1 amide bonds. The first kappa shape index (κ1) is 14.9. The highest BCUT2D eigenvalue weighted by atomic mass is 79.9. The normalized spacial score (nSPS) is 10.2. The molecule has 0 saturated carbocycles. The van der Waals surface area contributed by atoms with Crippen LogP contribution in [0.2, 0.25) is 0 Å². The number of ether oxygens (including phenoxy) is 1. The zero-order valence-electron chi connectivity index (χ0n) is 10.4. The Morgan fingerprint density at radius 3 is 3.00 bits per heavy atom. The molecule has 0 aliphatic rings. The molecule has 1 aromatic heterocycles. The Morgan fingerprint density at radius 1 is 1.57 bits per heavy atom. The van der Waals surface area contributed by atoms with Gasteiger partial charge < -0.3 is 9.26 Å². The molecule has 110 valence electrons. The molecule has 0 saturated heterocycles. The Labute approximate surface area is 126 Å². The maximum Gasteiger partial charge on any atom is 0.287 e. The summed E-state index contributed by atoms with van der Waals surface area (Å²) < 4.78 is 10.5. The second-order valence-corrected chi connectivity index (χ2v) is 4.58. The number of nitro groups is 1. The summed E-state index contributed by atoms with van der Waals surface area (Å²) in [6.45, 7) is -0.0510. The van der Waals surface area contributed by atoms with Crippen molar-refractivity contribution >= 4 is 27.5 Å². The number of hydrogen-bond acceptors (Lipinski definition) is 7. The van der Waals surface area contributed by atoms with Crippen LogP contribution in [-0.2, 0) is 6.61 Å². The monoisotopic (exact) mass is 356 g/mol. The van der Waals surface area contributed by atoms with Crippen LogP contribution in [0.15, 0.2) is 33.3 Å². The van der Waals surface area contributed by atoms with Gasteiger partial charge in [-0.2, -0.15) is 0 Å². The van der Waals surface area contributed by atoms with Crippen LogP contribution in [0.3, 0.4) is 0 Å². The van der Waals surface area contributed by atoms with E-state index in [9.17, 15) is 14.9 Å². The van der Waals surface area contributed by atoms with Crippen molar-refractivity contribution in [2.24, 2.45) is 5.84 Å². The number of rotatable bonds is 5. The number of hydrogen-bond donors (Lipinski definition) is 2. The van der Waals surface area contributed by atoms with Crippen molar-refractivity contribution in [1.82, 2.24) is 10.6 Å². The SMILES string of the molecule is NNC(=O)c1cc(COc2cccc([N+](=O)[O-])c2Br)on1.